The molecule has 1 aromatic carbocycles. The molecule has 0 saturated heterocycles. The van der Waals surface area contributed by atoms with Gasteiger partial charge in [0, 0.05) is 12.0 Å². The topological polar surface area (TPSA) is 75.6 Å². The predicted octanol–water partition coefficient (Wildman–Crippen LogP) is 1.66. The minimum atomic E-state index is -0.964. The zero-order valence-corrected chi connectivity index (χ0v) is 11.0. The van der Waals surface area contributed by atoms with Crippen LogP contribution in [0.3, 0.4) is 0 Å². The fraction of sp³-hybridized carbons (Fsp3) is 0.429. The first kappa shape index (κ1) is 13.4. The Balaban J connectivity index is 2.37. The van der Waals surface area contributed by atoms with Crippen LogP contribution in [-0.2, 0) is 16.0 Å². The van der Waals surface area contributed by atoms with E-state index in [0.29, 0.717) is 12.2 Å². The fourth-order valence-corrected chi connectivity index (χ4v) is 2.43. The van der Waals surface area contributed by atoms with Crippen LogP contribution in [0.5, 0.6) is 5.75 Å². The normalized spacial score (nSPS) is 17.2. The minimum absolute atomic E-state index is 0.168. The van der Waals surface area contributed by atoms with Crippen LogP contribution in [0, 0.1) is 0 Å². The Labute approximate surface area is 111 Å². The van der Waals surface area contributed by atoms with Gasteiger partial charge in [-0.15, -0.1) is 0 Å². The lowest BCUT2D eigenvalue weighted by molar-refractivity contribution is -0.137. The lowest BCUT2D eigenvalue weighted by Crippen LogP contribution is -2.26. The summed E-state index contributed by atoms with van der Waals surface area (Å²) in [5, 5.41) is 11.5. The van der Waals surface area contributed by atoms with Gasteiger partial charge in [0.05, 0.1) is 12.5 Å². The maximum Gasteiger partial charge on any atom is 0.305 e. The lowest BCUT2D eigenvalue weighted by Gasteiger charge is -2.21. The van der Waals surface area contributed by atoms with Crippen molar-refractivity contribution in [3.05, 3.63) is 29.3 Å². The molecular weight excluding hydrogens is 246 g/mol. The summed E-state index contributed by atoms with van der Waals surface area (Å²) in [6, 6.07) is 5.05. The highest BCUT2D eigenvalue weighted by Crippen LogP contribution is 2.40. The molecule has 0 bridgehead atoms. The quantitative estimate of drug-likeness (QED) is 0.792. The van der Waals surface area contributed by atoms with Gasteiger partial charge in [0.25, 0.3) is 0 Å². The van der Waals surface area contributed by atoms with Gasteiger partial charge in [-0.2, -0.15) is 0 Å². The molecule has 1 aliphatic heterocycles. The van der Waals surface area contributed by atoms with Gasteiger partial charge < -0.3 is 15.2 Å². The molecule has 1 aromatic rings. The molecule has 0 fully saturated rings. The van der Waals surface area contributed by atoms with Crippen LogP contribution in [0.2, 0.25) is 0 Å². The van der Waals surface area contributed by atoms with E-state index in [2.05, 4.69) is 5.32 Å². The first-order chi connectivity index (χ1) is 8.93. The maximum absolute atomic E-state index is 10.9. The Kier molecular flexibility index (Phi) is 3.46. The first-order valence-corrected chi connectivity index (χ1v) is 6.15. The molecule has 19 heavy (non-hydrogen) atoms. The van der Waals surface area contributed by atoms with Crippen molar-refractivity contribution in [2.75, 3.05) is 0 Å². The van der Waals surface area contributed by atoms with Crippen LogP contribution in [0.15, 0.2) is 18.2 Å². The Morgan fingerprint density at radius 3 is 2.95 bits per heavy atom. The third kappa shape index (κ3) is 2.86. The highest BCUT2D eigenvalue weighted by atomic mass is 16.5. The molecule has 102 valence electrons. The number of hydrogen-bond acceptors (Lipinski definition) is 3. The second-order valence-electron chi connectivity index (χ2n) is 5.31. The smallest absolute Gasteiger partial charge is 0.305 e. The molecule has 0 spiro atoms. The van der Waals surface area contributed by atoms with E-state index >= 15 is 0 Å². The number of carboxylic acids is 1. The monoisotopic (exact) mass is 263 g/mol. The van der Waals surface area contributed by atoms with Gasteiger partial charge in [-0.3, -0.25) is 9.59 Å². The molecule has 2 N–H and O–H groups in total. The number of carboxylic acid groups (broad SMARTS) is 1. The van der Waals surface area contributed by atoms with Crippen molar-refractivity contribution < 1.29 is 19.4 Å². The molecule has 1 aliphatic rings. The van der Waals surface area contributed by atoms with Crippen molar-refractivity contribution in [3.8, 4) is 5.75 Å². The SMILES string of the molecule is CC1(C)Cc2cccc(C(CC(=O)O)NC=O)c2O1. The molecule has 5 nitrogen and oxygen atoms in total. The molecular formula is C14H17NO4. The zero-order chi connectivity index (χ0) is 14.0. The van der Waals surface area contributed by atoms with E-state index in [9.17, 15) is 9.59 Å². The second kappa shape index (κ2) is 4.91. The van der Waals surface area contributed by atoms with Gasteiger partial charge in [-0.1, -0.05) is 18.2 Å². The standard InChI is InChI=1S/C14H17NO4/c1-14(2)7-9-4-3-5-10(13(9)19-14)11(15-8-16)6-12(17)18/h3-5,8,11H,6-7H2,1-2H3,(H,15,16)(H,17,18). The largest absolute Gasteiger partial charge is 0.487 e. The number of hydrogen-bond donors (Lipinski definition) is 2. The van der Waals surface area contributed by atoms with Crippen molar-refractivity contribution in [3.63, 3.8) is 0 Å². The third-order valence-corrected chi connectivity index (χ3v) is 3.14. The third-order valence-electron chi connectivity index (χ3n) is 3.14. The number of aliphatic carboxylic acids is 1. The van der Waals surface area contributed by atoms with Crippen LogP contribution >= 0.6 is 0 Å². The number of para-hydroxylation sites is 1. The van der Waals surface area contributed by atoms with Crippen molar-refractivity contribution in [2.24, 2.45) is 0 Å². The van der Waals surface area contributed by atoms with E-state index in [0.717, 1.165) is 17.5 Å². The average Bonchev–Trinajstić information content (AvgIpc) is 2.61. The Morgan fingerprint density at radius 2 is 2.32 bits per heavy atom. The van der Waals surface area contributed by atoms with Crippen molar-refractivity contribution in [1.29, 1.82) is 0 Å². The molecule has 0 aromatic heterocycles. The molecule has 0 radical (unpaired) electrons. The van der Waals surface area contributed by atoms with Gasteiger partial charge in [0.15, 0.2) is 0 Å². The van der Waals surface area contributed by atoms with Crippen LogP contribution in [0.1, 0.15) is 37.4 Å². The van der Waals surface area contributed by atoms with E-state index in [4.69, 9.17) is 9.84 Å². The van der Waals surface area contributed by atoms with E-state index in [1.54, 1.807) is 6.07 Å². The maximum atomic E-state index is 10.9. The highest BCUT2D eigenvalue weighted by molar-refractivity contribution is 5.69. The van der Waals surface area contributed by atoms with Gasteiger partial charge in [-0.05, 0) is 19.4 Å². The zero-order valence-electron chi connectivity index (χ0n) is 11.0. The summed E-state index contributed by atoms with van der Waals surface area (Å²) < 4.78 is 5.89. The summed E-state index contributed by atoms with van der Waals surface area (Å²) in [7, 11) is 0. The molecule has 0 saturated carbocycles. The number of carbonyl (C=O) groups excluding carboxylic acids is 1. The van der Waals surface area contributed by atoms with E-state index in [1.807, 2.05) is 26.0 Å². The molecule has 0 aliphatic carbocycles. The fourth-order valence-electron chi connectivity index (χ4n) is 2.43. The van der Waals surface area contributed by atoms with Gasteiger partial charge >= 0.3 is 5.97 Å². The number of amides is 1. The van der Waals surface area contributed by atoms with Crippen molar-refractivity contribution in [2.45, 2.75) is 38.3 Å². The van der Waals surface area contributed by atoms with E-state index in [1.165, 1.54) is 0 Å². The summed E-state index contributed by atoms with van der Waals surface area (Å²) in [6.07, 6.45) is 1.13. The summed E-state index contributed by atoms with van der Waals surface area (Å²) in [5.74, 6) is -0.262. The molecule has 1 unspecified atom stereocenters. The molecule has 2 rings (SSSR count). The van der Waals surface area contributed by atoms with Crippen molar-refractivity contribution >= 4 is 12.4 Å². The summed E-state index contributed by atoms with van der Waals surface area (Å²) in [4.78, 5) is 21.5. The molecule has 1 amide bonds. The number of benzene rings is 1. The van der Waals surface area contributed by atoms with E-state index in [-0.39, 0.29) is 12.0 Å². The number of fused-ring (bicyclic) bond motifs is 1. The molecule has 1 atom stereocenters. The first-order valence-electron chi connectivity index (χ1n) is 6.15. The van der Waals surface area contributed by atoms with Crippen LogP contribution in [0.4, 0.5) is 0 Å². The number of nitrogens with one attached hydrogen (secondary N) is 1. The van der Waals surface area contributed by atoms with Crippen LogP contribution < -0.4 is 10.1 Å². The number of carbonyl (C=O) groups is 2. The van der Waals surface area contributed by atoms with Crippen LogP contribution in [0.25, 0.3) is 0 Å². The summed E-state index contributed by atoms with van der Waals surface area (Å²) in [6.45, 7) is 3.96. The van der Waals surface area contributed by atoms with Crippen molar-refractivity contribution in [1.82, 2.24) is 5.32 Å². The lowest BCUT2D eigenvalue weighted by atomic mass is 9.97. The minimum Gasteiger partial charge on any atom is -0.487 e. The predicted molar refractivity (Wildman–Crippen MR) is 69.0 cm³/mol. The van der Waals surface area contributed by atoms with Gasteiger partial charge in [0.2, 0.25) is 6.41 Å². The highest BCUT2D eigenvalue weighted by Gasteiger charge is 2.33. The Hall–Kier alpha value is -2.04. The summed E-state index contributed by atoms with van der Waals surface area (Å²) in [5.41, 5.74) is 1.47. The van der Waals surface area contributed by atoms with Gasteiger partial charge in [0.1, 0.15) is 11.4 Å². The molecule has 1 heterocycles. The van der Waals surface area contributed by atoms with E-state index < -0.39 is 12.0 Å². The van der Waals surface area contributed by atoms with Crippen LogP contribution in [-0.4, -0.2) is 23.1 Å². The van der Waals surface area contributed by atoms with Gasteiger partial charge in [-0.25, -0.2) is 0 Å². The average molecular weight is 263 g/mol. The number of rotatable bonds is 5. The summed E-state index contributed by atoms with van der Waals surface area (Å²) >= 11 is 0. The Bertz CT molecular complexity index is 510. The second-order valence-corrected chi connectivity index (χ2v) is 5.31. The number of ether oxygens (including phenoxy) is 1. The Morgan fingerprint density at radius 1 is 1.58 bits per heavy atom. The molecule has 5 heteroatoms.